The number of rotatable bonds is 7. The van der Waals surface area contributed by atoms with Gasteiger partial charge in [0.15, 0.2) is 5.12 Å². The molecule has 19 heavy (non-hydrogen) atoms. The number of hydrogen-bond acceptors (Lipinski definition) is 2. The SMILES string of the molecule is CCC(C)(C)CC/C=C(\CSC(C)=O)CC(C)(C)C. The van der Waals surface area contributed by atoms with E-state index in [4.69, 9.17) is 0 Å². The van der Waals surface area contributed by atoms with Crippen LogP contribution in [0.15, 0.2) is 11.6 Å². The molecular weight excluding hydrogens is 252 g/mol. The lowest BCUT2D eigenvalue weighted by Crippen LogP contribution is -2.10. The molecule has 0 aromatic rings. The molecule has 1 nitrogen and oxygen atoms in total. The van der Waals surface area contributed by atoms with E-state index in [9.17, 15) is 4.79 Å². The maximum atomic E-state index is 11.1. The van der Waals surface area contributed by atoms with Crippen LogP contribution in [0.1, 0.15) is 74.1 Å². The van der Waals surface area contributed by atoms with Gasteiger partial charge in [-0.25, -0.2) is 0 Å². The second-order valence-corrected chi connectivity index (χ2v) is 8.59. The van der Waals surface area contributed by atoms with E-state index in [1.807, 2.05) is 0 Å². The molecule has 0 aliphatic heterocycles. The Morgan fingerprint density at radius 2 is 1.74 bits per heavy atom. The van der Waals surface area contributed by atoms with Crippen LogP contribution in [0.4, 0.5) is 0 Å². The Morgan fingerprint density at radius 3 is 2.16 bits per heavy atom. The Bertz CT molecular complexity index is 308. The third-order valence-electron chi connectivity index (χ3n) is 3.43. The van der Waals surface area contributed by atoms with Gasteiger partial charge in [0.2, 0.25) is 0 Å². The van der Waals surface area contributed by atoms with Gasteiger partial charge in [-0.15, -0.1) is 0 Å². The predicted octanol–water partition coefficient (Wildman–Crippen LogP) is 5.85. The van der Waals surface area contributed by atoms with E-state index in [-0.39, 0.29) is 5.12 Å². The number of carbonyl (C=O) groups is 1. The maximum absolute atomic E-state index is 11.1. The second-order valence-electron chi connectivity index (χ2n) is 7.44. The van der Waals surface area contributed by atoms with E-state index in [1.54, 1.807) is 6.92 Å². The minimum Gasteiger partial charge on any atom is -0.288 e. The highest BCUT2D eigenvalue weighted by Gasteiger charge is 2.16. The van der Waals surface area contributed by atoms with Gasteiger partial charge in [-0.2, -0.15) is 0 Å². The van der Waals surface area contributed by atoms with Gasteiger partial charge in [-0.1, -0.05) is 71.4 Å². The monoisotopic (exact) mass is 284 g/mol. The van der Waals surface area contributed by atoms with Crippen molar-refractivity contribution in [2.75, 3.05) is 5.75 Å². The molecule has 0 radical (unpaired) electrons. The summed E-state index contributed by atoms with van der Waals surface area (Å²) in [5.74, 6) is 0.860. The van der Waals surface area contributed by atoms with Crippen molar-refractivity contribution < 1.29 is 4.79 Å². The van der Waals surface area contributed by atoms with Gasteiger partial charge >= 0.3 is 0 Å². The molecule has 0 amide bonds. The summed E-state index contributed by atoms with van der Waals surface area (Å²) in [5.41, 5.74) is 2.15. The molecule has 0 fully saturated rings. The number of hydrogen-bond donors (Lipinski definition) is 0. The largest absolute Gasteiger partial charge is 0.288 e. The van der Waals surface area contributed by atoms with Crippen molar-refractivity contribution in [1.29, 1.82) is 0 Å². The predicted molar refractivity (Wildman–Crippen MR) is 88.6 cm³/mol. The van der Waals surface area contributed by atoms with Crippen molar-refractivity contribution in [1.82, 2.24) is 0 Å². The normalized spacial score (nSPS) is 13.7. The zero-order valence-corrected chi connectivity index (χ0v) is 14.7. The average Bonchev–Trinajstić information content (AvgIpc) is 2.23. The first-order valence-electron chi connectivity index (χ1n) is 7.37. The smallest absolute Gasteiger partial charge is 0.186 e. The van der Waals surface area contributed by atoms with Crippen molar-refractivity contribution in [2.45, 2.75) is 74.1 Å². The molecule has 2 heteroatoms. The van der Waals surface area contributed by atoms with Gasteiger partial charge in [0.25, 0.3) is 0 Å². The second kappa shape index (κ2) is 8.14. The first kappa shape index (κ1) is 18.8. The summed E-state index contributed by atoms with van der Waals surface area (Å²) in [6.45, 7) is 15.3. The van der Waals surface area contributed by atoms with E-state index in [0.29, 0.717) is 10.8 Å². The van der Waals surface area contributed by atoms with Crippen molar-refractivity contribution in [2.24, 2.45) is 10.8 Å². The fraction of sp³-hybridized carbons (Fsp3) is 0.824. The molecule has 0 aromatic carbocycles. The van der Waals surface area contributed by atoms with Crippen LogP contribution in [0, 0.1) is 10.8 Å². The van der Waals surface area contributed by atoms with Crippen LogP contribution in [-0.4, -0.2) is 10.9 Å². The van der Waals surface area contributed by atoms with Crippen LogP contribution in [-0.2, 0) is 4.79 Å². The van der Waals surface area contributed by atoms with E-state index in [0.717, 1.165) is 18.6 Å². The van der Waals surface area contributed by atoms with Crippen molar-refractivity contribution >= 4 is 16.9 Å². The summed E-state index contributed by atoms with van der Waals surface area (Å²) in [5, 5.41) is 0.216. The molecule has 0 aromatic heterocycles. The Labute approximate surface area is 124 Å². The lowest BCUT2D eigenvalue weighted by atomic mass is 9.84. The minimum absolute atomic E-state index is 0.216. The molecule has 0 N–H and O–H groups in total. The highest BCUT2D eigenvalue weighted by atomic mass is 32.2. The van der Waals surface area contributed by atoms with E-state index < -0.39 is 0 Å². The lowest BCUT2D eigenvalue weighted by molar-refractivity contribution is -0.109. The van der Waals surface area contributed by atoms with Crippen LogP contribution in [0.5, 0.6) is 0 Å². The fourth-order valence-electron chi connectivity index (χ4n) is 1.90. The van der Waals surface area contributed by atoms with Crippen LogP contribution >= 0.6 is 11.8 Å². The summed E-state index contributed by atoms with van der Waals surface area (Å²) in [6, 6.07) is 0. The summed E-state index contributed by atoms with van der Waals surface area (Å²) < 4.78 is 0. The van der Waals surface area contributed by atoms with Gasteiger partial charge < -0.3 is 0 Å². The number of allylic oxidation sites excluding steroid dienone is 1. The Morgan fingerprint density at radius 1 is 1.16 bits per heavy atom. The Kier molecular flexibility index (Phi) is 8.03. The quantitative estimate of drug-likeness (QED) is 0.546. The van der Waals surface area contributed by atoms with Crippen LogP contribution < -0.4 is 0 Å². The molecule has 0 heterocycles. The molecule has 0 aliphatic rings. The van der Waals surface area contributed by atoms with Gasteiger partial charge in [-0.3, -0.25) is 4.79 Å². The van der Waals surface area contributed by atoms with E-state index >= 15 is 0 Å². The van der Waals surface area contributed by atoms with Crippen molar-refractivity contribution in [3.63, 3.8) is 0 Å². The van der Waals surface area contributed by atoms with Crippen molar-refractivity contribution in [3.05, 3.63) is 11.6 Å². The molecule has 0 saturated carbocycles. The first-order chi connectivity index (χ1) is 8.56. The average molecular weight is 285 g/mol. The Balaban J connectivity index is 4.50. The zero-order chi connectivity index (χ0) is 15.1. The highest BCUT2D eigenvalue weighted by Crippen LogP contribution is 2.29. The maximum Gasteiger partial charge on any atom is 0.186 e. The number of carbonyl (C=O) groups excluding carboxylic acids is 1. The summed E-state index contributed by atoms with van der Waals surface area (Å²) in [7, 11) is 0. The number of thioether (sulfide) groups is 1. The van der Waals surface area contributed by atoms with Crippen LogP contribution in [0.2, 0.25) is 0 Å². The van der Waals surface area contributed by atoms with E-state index in [1.165, 1.54) is 30.2 Å². The standard InChI is InChI=1S/C17H32OS/c1-8-17(6,7)11-9-10-15(12-16(3,4)5)13-19-14(2)18/h10H,8-9,11-13H2,1-7H3/b15-10-. The van der Waals surface area contributed by atoms with E-state index in [2.05, 4.69) is 47.6 Å². The molecule has 0 saturated heterocycles. The molecule has 0 spiro atoms. The third kappa shape index (κ3) is 11.3. The zero-order valence-electron chi connectivity index (χ0n) is 13.9. The van der Waals surface area contributed by atoms with Gasteiger partial charge in [-0.05, 0) is 30.1 Å². The summed E-state index contributed by atoms with van der Waals surface area (Å²) in [6.07, 6.45) is 7.03. The molecular formula is C17H32OS. The molecule has 0 bridgehead atoms. The summed E-state index contributed by atoms with van der Waals surface area (Å²) in [4.78, 5) is 11.1. The minimum atomic E-state index is 0.216. The topological polar surface area (TPSA) is 17.1 Å². The molecule has 0 unspecified atom stereocenters. The van der Waals surface area contributed by atoms with Gasteiger partial charge in [0, 0.05) is 12.7 Å². The molecule has 0 atom stereocenters. The van der Waals surface area contributed by atoms with Gasteiger partial charge in [0.1, 0.15) is 0 Å². The molecule has 0 aliphatic carbocycles. The van der Waals surface area contributed by atoms with Crippen LogP contribution in [0.25, 0.3) is 0 Å². The van der Waals surface area contributed by atoms with Crippen molar-refractivity contribution in [3.8, 4) is 0 Å². The highest BCUT2D eigenvalue weighted by molar-refractivity contribution is 8.13. The van der Waals surface area contributed by atoms with Crippen LogP contribution in [0.3, 0.4) is 0 Å². The molecule has 112 valence electrons. The Hall–Kier alpha value is -0.240. The summed E-state index contributed by atoms with van der Waals surface area (Å²) >= 11 is 1.44. The third-order valence-corrected chi connectivity index (χ3v) is 4.35. The lowest BCUT2D eigenvalue weighted by Gasteiger charge is -2.23. The fourth-order valence-corrected chi connectivity index (χ4v) is 2.51. The van der Waals surface area contributed by atoms with Gasteiger partial charge in [0.05, 0.1) is 0 Å². The molecule has 0 rings (SSSR count). The first-order valence-corrected chi connectivity index (χ1v) is 8.35.